The molecule has 140 valence electrons. The second kappa shape index (κ2) is 7.74. The Morgan fingerprint density at radius 3 is 2.86 bits per heavy atom. The minimum Gasteiger partial charge on any atom is -0.487 e. The molecule has 5 nitrogen and oxygen atoms in total. The number of hydrogen-bond donors (Lipinski definition) is 1. The van der Waals surface area contributed by atoms with Gasteiger partial charge in [0.25, 0.3) is 5.91 Å². The van der Waals surface area contributed by atoms with E-state index in [-0.39, 0.29) is 5.91 Å². The molecule has 0 bridgehead atoms. The predicted octanol–water partition coefficient (Wildman–Crippen LogP) is 5.13. The standard InChI is InChI=1S/C22H18ClN3O2/c1-15-19(23)8-5-9-20(15)25-22(27)16-6-4-7-18(12-16)28-14-17-13-26-11-3-2-10-21(26)24-17/h2-13H,14H2,1H3,(H,25,27). The van der Waals surface area contributed by atoms with Gasteiger partial charge in [0.15, 0.2) is 0 Å². The highest BCUT2D eigenvalue weighted by atomic mass is 35.5. The number of ether oxygens (including phenoxy) is 1. The van der Waals surface area contributed by atoms with Crippen LogP contribution in [0, 0.1) is 6.92 Å². The zero-order chi connectivity index (χ0) is 19.5. The van der Waals surface area contributed by atoms with E-state index in [1.54, 1.807) is 30.3 Å². The van der Waals surface area contributed by atoms with E-state index in [2.05, 4.69) is 10.3 Å². The van der Waals surface area contributed by atoms with E-state index in [9.17, 15) is 4.79 Å². The van der Waals surface area contributed by atoms with Crippen LogP contribution in [-0.2, 0) is 6.61 Å². The van der Waals surface area contributed by atoms with Crippen LogP contribution in [0.1, 0.15) is 21.6 Å². The normalized spacial score (nSPS) is 10.8. The third kappa shape index (κ3) is 3.85. The zero-order valence-corrected chi connectivity index (χ0v) is 16.0. The topological polar surface area (TPSA) is 55.6 Å². The number of anilines is 1. The van der Waals surface area contributed by atoms with Gasteiger partial charge in [-0.15, -0.1) is 0 Å². The van der Waals surface area contributed by atoms with E-state index in [1.165, 1.54) is 0 Å². The van der Waals surface area contributed by atoms with Crippen LogP contribution in [0.25, 0.3) is 5.65 Å². The quantitative estimate of drug-likeness (QED) is 0.513. The van der Waals surface area contributed by atoms with Gasteiger partial charge in [0.05, 0.1) is 5.69 Å². The molecule has 0 aliphatic rings. The van der Waals surface area contributed by atoms with E-state index in [0.717, 1.165) is 16.9 Å². The van der Waals surface area contributed by atoms with Gasteiger partial charge >= 0.3 is 0 Å². The van der Waals surface area contributed by atoms with E-state index in [1.807, 2.05) is 54.0 Å². The summed E-state index contributed by atoms with van der Waals surface area (Å²) in [6.45, 7) is 2.19. The van der Waals surface area contributed by atoms with Gasteiger partial charge in [0.2, 0.25) is 0 Å². The molecule has 0 saturated heterocycles. The molecule has 0 unspecified atom stereocenters. The Morgan fingerprint density at radius 1 is 1.14 bits per heavy atom. The lowest BCUT2D eigenvalue weighted by molar-refractivity contribution is 0.102. The molecule has 6 heteroatoms. The van der Waals surface area contributed by atoms with Crippen molar-refractivity contribution in [2.24, 2.45) is 0 Å². The number of nitrogens with zero attached hydrogens (tertiary/aromatic N) is 2. The Kier molecular flexibility index (Phi) is 5.00. The lowest BCUT2D eigenvalue weighted by Crippen LogP contribution is -2.13. The maximum Gasteiger partial charge on any atom is 0.255 e. The maximum absolute atomic E-state index is 12.6. The van der Waals surface area contributed by atoms with E-state index < -0.39 is 0 Å². The molecule has 1 amide bonds. The number of carbonyl (C=O) groups excluding carboxylic acids is 1. The molecule has 2 heterocycles. The number of fused-ring (bicyclic) bond motifs is 1. The second-order valence-electron chi connectivity index (χ2n) is 6.38. The van der Waals surface area contributed by atoms with Crippen molar-refractivity contribution >= 4 is 28.8 Å². The molecule has 0 spiro atoms. The number of amides is 1. The second-order valence-corrected chi connectivity index (χ2v) is 6.79. The SMILES string of the molecule is Cc1c(Cl)cccc1NC(=O)c1cccc(OCc2cn3ccccc3n2)c1. The molecule has 4 rings (SSSR count). The molecule has 0 saturated carbocycles. The smallest absolute Gasteiger partial charge is 0.255 e. The summed E-state index contributed by atoms with van der Waals surface area (Å²) in [5.41, 5.74) is 3.71. The number of aromatic nitrogens is 2. The summed E-state index contributed by atoms with van der Waals surface area (Å²) >= 11 is 6.12. The minimum absolute atomic E-state index is 0.219. The molecule has 0 radical (unpaired) electrons. The van der Waals surface area contributed by atoms with Crippen LogP contribution >= 0.6 is 11.6 Å². The number of nitrogens with one attached hydrogen (secondary N) is 1. The van der Waals surface area contributed by atoms with Crippen molar-refractivity contribution in [3.63, 3.8) is 0 Å². The summed E-state index contributed by atoms with van der Waals surface area (Å²) in [6.07, 6.45) is 3.86. The number of pyridine rings is 1. The monoisotopic (exact) mass is 391 g/mol. The van der Waals surface area contributed by atoms with Crippen molar-refractivity contribution in [1.29, 1.82) is 0 Å². The van der Waals surface area contributed by atoms with Gasteiger partial charge in [0.1, 0.15) is 18.0 Å². The van der Waals surface area contributed by atoms with Crippen LogP contribution in [0.2, 0.25) is 5.02 Å². The van der Waals surface area contributed by atoms with Gasteiger partial charge in [-0.25, -0.2) is 4.98 Å². The molecular weight excluding hydrogens is 374 g/mol. The predicted molar refractivity (Wildman–Crippen MR) is 110 cm³/mol. The van der Waals surface area contributed by atoms with Crippen LogP contribution in [0.15, 0.2) is 73.1 Å². The molecule has 2 aromatic carbocycles. The Balaban J connectivity index is 1.46. The molecule has 1 N–H and O–H groups in total. The first-order chi connectivity index (χ1) is 13.6. The summed E-state index contributed by atoms with van der Waals surface area (Å²) in [4.78, 5) is 17.1. The number of halogens is 1. The van der Waals surface area contributed by atoms with Crippen LogP contribution in [-0.4, -0.2) is 15.3 Å². The summed E-state index contributed by atoms with van der Waals surface area (Å²) in [5.74, 6) is 0.385. The largest absolute Gasteiger partial charge is 0.487 e. The third-order valence-corrected chi connectivity index (χ3v) is 4.82. The van der Waals surface area contributed by atoms with Crippen molar-refractivity contribution in [2.75, 3.05) is 5.32 Å². The van der Waals surface area contributed by atoms with Crippen LogP contribution < -0.4 is 10.1 Å². The van der Waals surface area contributed by atoms with Crippen molar-refractivity contribution in [2.45, 2.75) is 13.5 Å². The van der Waals surface area contributed by atoms with Crippen molar-refractivity contribution in [3.05, 3.63) is 94.9 Å². The molecular formula is C22H18ClN3O2. The molecule has 28 heavy (non-hydrogen) atoms. The highest BCUT2D eigenvalue weighted by Gasteiger charge is 2.10. The van der Waals surface area contributed by atoms with Crippen LogP contribution in [0.4, 0.5) is 5.69 Å². The van der Waals surface area contributed by atoms with Gasteiger partial charge in [-0.1, -0.05) is 29.8 Å². The number of rotatable bonds is 5. The van der Waals surface area contributed by atoms with E-state index >= 15 is 0 Å². The number of imidazole rings is 1. The average molecular weight is 392 g/mol. The molecule has 0 aliphatic carbocycles. The number of carbonyl (C=O) groups is 1. The average Bonchev–Trinajstić information content (AvgIpc) is 3.13. The fourth-order valence-electron chi connectivity index (χ4n) is 2.88. The van der Waals surface area contributed by atoms with Gasteiger partial charge in [0, 0.05) is 28.7 Å². The Morgan fingerprint density at radius 2 is 2.00 bits per heavy atom. The van der Waals surface area contributed by atoms with Crippen molar-refractivity contribution < 1.29 is 9.53 Å². The van der Waals surface area contributed by atoms with Gasteiger partial charge in [-0.05, 0) is 55.0 Å². The first-order valence-corrected chi connectivity index (χ1v) is 9.20. The number of hydrogen-bond acceptors (Lipinski definition) is 3. The molecule has 0 atom stereocenters. The fourth-order valence-corrected chi connectivity index (χ4v) is 3.05. The summed E-state index contributed by atoms with van der Waals surface area (Å²) < 4.78 is 7.77. The first kappa shape index (κ1) is 18.1. The zero-order valence-electron chi connectivity index (χ0n) is 15.2. The lowest BCUT2D eigenvalue weighted by Gasteiger charge is -2.10. The van der Waals surface area contributed by atoms with Crippen LogP contribution in [0.3, 0.4) is 0 Å². The van der Waals surface area contributed by atoms with Crippen LogP contribution in [0.5, 0.6) is 5.75 Å². The van der Waals surface area contributed by atoms with Gasteiger partial charge in [-0.3, -0.25) is 4.79 Å². The lowest BCUT2D eigenvalue weighted by atomic mass is 10.1. The van der Waals surface area contributed by atoms with Gasteiger partial charge in [-0.2, -0.15) is 0 Å². The molecule has 0 fully saturated rings. The summed E-state index contributed by atoms with van der Waals surface area (Å²) in [6, 6.07) is 18.3. The minimum atomic E-state index is -0.219. The van der Waals surface area contributed by atoms with Crippen molar-refractivity contribution in [3.8, 4) is 5.75 Å². The molecule has 2 aromatic heterocycles. The van der Waals surface area contributed by atoms with Gasteiger partial charge < -0.3 is 14.5 Å². The van der Waals surface area contributed by atoms with E-state index in [0.29, 0.717) is 28.6 Å². The maximum atomic E-state index is 12.6. The number of benzene rings is 2. The highest BCUT2D eigenvalue weighted by molar-refractivity contribution is 6.31. The Hall–Kier alpha value is -3.31. The van der Waals surface area contributed by atoms with E-state index in [4.69, 9.17) is 16.3 Å². The summed E-state index contributed by atoms with van der Waals surface area (Å²) in [5, 5.41) is 3.50. The third-order valence-electron chi connectivity index (χ3n) is 4.41. The Labute approximate surface area is 167 Å². The highest BCUT2D eigenvalue weighted by Crippen LogP contribution is 2.24. The summed E-state index contributed by atoms with van der Waals surface area (Å²) in [7, 11) is 0. The first-order valence-electron chi connectivity index (χ1n) is 8.82. The Bertz CT molecular complexity index is 1120. The van der Waals surface area contributed by atoms with Crippen molar-refractivity contribution in [1.82, 2.24) is 9.38 Å². The fraction of sp³-hybridized carbons (Fsp3) is 0.0909. The molecule has 0 aliphatic heterocycles. The molecule has 4 aromatic rings.